The summed E-state index contributed by atoms with van der Waals surface area (Å²) in [6.07, 6.45) is 0. The molecule has 0 atom stereocenters. The molecule has 2 rings (SSSR count). The Balaban J connectivity index is 2.52. The van der Waals surface area contributed by atoms with E-state index in [-0.39, 0.29) is 10.8 Å². The van der Waals surface area contributed by atoms with E-state index < -0.39 is 0 Å². The number of aromatic hydroxyl groups is 1. The fraction of sp³-hybridized carbons (Fsp3) is 0.167. The SMILES string of the molecule is COCc1nc(-c2ccc(O)c(Cl)c2)nc(Cl)c1Br. The van der Waals surface area contributed by atoms with Gasteiger partial charge >= 0.3 is 0 Å². The number of benzene rings is 1. The summed E-state index contributed by atoms with van der Waals surface area (Å²) in [5, 5.41) is 9.92. The van der Waals surface area contributed by atoms with Gasteiger partial charge in [0.25, 0.3) is 0 Å². The van der Waals surface area contributed by atoms with Gasteiger partial charge in [-0.15, -0.1) is 0 Å². The van der Waals surface area contributed by atoms with Gasteiger partial charge < -0.3 is 9.84 Å². The zero-order chi connectivity index (χ0) is 14.0. The molecule has 7 heteroatoms. The molecular formula is C12H9BrCl2N2O2. The lowest BCUT2D eigenvalue weighted by molar-refractivity contribution is 0.181. The Morgan fingerprint density at radius 1 is 1.32 bits per heavy atom. The number of ether oxygens (including phenoxy) is 1. The maximum atomic E-state index is 9.40. The lowest BCUT2D eigenvalue weighted by Gasteiger charge is -2.08. The second-order valence-electron chi connectivity index (χ2n) is 3.70. The first-order valence-electron chi connectivity index (χ1n) is 5.22. The maximum Gasteiger partial charge on any atom is 0.161 e. The highest BCUT2D eigenvalue weighted by Crippen LogP contribution is 2.31. The van der Waals surface area contributed by atoms with Gasteiger partial charge in [-0.05, 0) is 34.1 Å². The Bertz CT molecular complexity index is 623. The minimum absolute atomic E-state index is 0.00532. The van der Waals surface area contributed by atoms with Gasteiger partial charge in [0.05, 0.1) is 21.8 Å². The zero-order valence-electron chi connectivity index (χ0n) is 9.82. The summed E-state index contributed by atoms with van der Waals surface area (Å²) in [5.74, 6) is 0.424. The van der Waals surface area contributed by atoms with Crippen molar-refractivity contribution in [1.82, 2.24) is 9.97 Å². The lowest BCUT2D eigenvalue weighted by atomic mass is 10.2. The predicted octanol–water partition coefficient (Wildman–Crippen LogP) is 4.06. The third-order valence-corrected chi connectivity index (χ3v) is 4.00. The van der Waals surface area contributed by atoms with Gasteiger partial charge in [-0.1, -0.05) is 23.2 Å². The molecule has 0 radical (unpaired) electrons. The predicted molar refractivity (Wildman–Crippen MR) is 77.6 cm³/mol. The van der Waals surface area contributed by atoms with Crippen LogP contribution in [0.2, 0.25) is 10.2 Å². The summed E-state index contributed by atoms with van der Waals surface area (Å²) in [7, 11) is 1.57. The number of aromatic nitrogens is 2. The van der Waals surface area contributed by atoms with Crippen molar-refractivity contribution < 1.29 is 9.84 Å². The van der Waals surface area contributed by atoms with E-state index in [9.17, 15) is 5.11 Å². The average Bonchev–Trinajstić information content (AvgIpc) is 2.38. The molecule has 0 saturated heterocycles. The monoisotopic (exact) mass is 362 g/mol. The van der Waals surface area contributed by atoms with Gasteiger partial charge in [-0.25, -0.2) is 9.97 Å². The number of phenols is 1. The molecule has 0 saturated carbocycles. The van der Waals surface area contributed by atoms with Gasteiger partial charge in [0, 0.05) is 12.7 Å². The maximum absolute atomic E-state index is 9.40. The first kappa shape index (κ1) is 14.5. The number of hydrogen-bond donors (Lipinski definition) is 1. The first-order chi connectivity index (χ1) is 9.02. The largest absolute Gasteiger partial charge is 0.506 e. The molecule has 0 spiro atoms. The highest BCUT2D eigenvalue weighted by Gasteiger charge is 2.13. The van der Waals surface area contributed by atoms with E-state index in [1.807, 2.05) is 0 Å². The quantitative estimate of drug-likeness (QED) is 0.835. The molecule has 0 aliphatic rings. The van der Waals surface area contributed by atoms with Crippen LogP contribution in [0.5, 0.6) is 5.75 Å². The van der Waals surface area contributed by atoms with Crippen LogP contribution in [0.15, 0.2) is 22.7 Å². The molecule has 1 aromatic carbocycles. The van der Waals surface area contributed by atoms with Crippen LogP contribution in [0.1, 0.15) is 5.69 Å². The number of methoxy groups -OCH3 is 1. The van der Waals surface area contributed by atoms with Gasteiger partial charge in [-0.3, -0.25) is 0 Å². The molecular weight excluding hydrogens is 355 g/mol. The van der Waals surface area contributed by atoms with Gasteiger partial charge in [-0.2, -0.15) is 0 Å². The molecule has 1 N–H and O–H groups in total. The Morgan fingerprint density at radius 2 is 2.05 bits per heavy atom. The Morgan fingerprint density at radius 3 is 2.68 bits per heavy atom. The number of halogens is 3. The third kappa shape index (κ3) is 3.17. The number of rotatable bonds is 3. The van der Waals surface area contributed by atoms with Gasteiger partial charge in [0.15, 0.2) is 5.82 Å². The third-order valence-electron chi connectivity index (χ3n) is 2.37. The number of phenolic OH excluding ortho intramolecular Hbond substituents is 1. The van der Waals surface area contributed by atoms with Crippen LogP contribution in [-0.2, 0) is 11.3 Å². The molecule has 0 aliphatic carbocycles. The summed E-state index contributed by atoms with van der Waals surface area (Å²) < 4.78 is 5.65. The van der Waals surface area contributed by atoms with Crippen molar-refractivity contribution in [2.45, 2.75) is 6.61 Å². The van der Waals surface area contributed by atoms with Crippen LogP contribution in [0.4, 0.5) is 0 Å². The molecule has 1 heterocycles. The molecule has 4 nitrogen and oxygen atoms in total. The molecule has 0 bridgehead atoms. The van der Waals surface area contributed by atoms with E-state index >= 15 is 0 Å². The van der Waals surface area contributed by atoms with Crippen LogP contribution in [0.25, 0.3) is 11.4 Å². The molecule has 0 fully saturated rings. The highest BCUT2D eigenvalue weighted by molar-refractivity contribution is 9.10. The smallest absolute Gasteiger partial charge is 0.161 e. The van der Waals surface area contributed by atoms with Crippen LogP contribution < -0.4 is 0 Å². The Hall–Kier alpha value is -0.880. The standard InChI is InChI=1S/C12H9BrCl2N2O2/c1-19-5-8-10(13)11(15)17-12(16-8)6-2-3-9(18)7(14)4-6/h2-4,18H,5H2,1H3. The molecule has 19 heavy (non-hydrogen) atoms. The van der Waals surface area contributed by atoms with Crippen molar-refractivity contribution >= 4 is 39.1 Å². The molecule has 100 valence electrons. The van der Waals surface area contributed by atoms with E-state index in [0.717, 1.165) is 0 Å². The van der Waals surface area contributed by atoms with E-state index in [4.69, 9.17) is 27.9 Å². The highest BCUT2D eigenvalue weighted by atomic mass is 79.9. The second-order valence-corrected chi connectivity index (χ2v) is 5.26. The lowest BCUT2D eigenvalue weighted by Crippen LogP contribution is -2.00. The molecule has 1 aromatic heterocycles. The summed E-state index contributed by atoms with van der Waals surface area (Å²) in [4.78, 5) is 8.52. The Kier molecular flexibility index (Phi) is 4.62. The minimum Gasteiger partial charge on any atom is -0.506 e. The molecule has 0 aliphatic heterocycles. The fourth-order valence-electron chi connectivity index (χ4n) is 1.47. The van der Waals surface area contributed by atoms with E-state index in [2.05, 4.69) is 25.9 Å². The van der Waals surface area contributed by atoms with Gasteiger partial charge in [0.1, 0.15) is 10.9 Å². The average molecular weight is 364 g/mol. The number of hydrogen-bond acceptors (Lipinski definition) is 4. The van der Waals surface area contributed by atoms with Gasteiger partial charge in [0.2, 0.25) is 0 Å². The normalized spacial score (nSPS) is 10.7. The van der Waals surface area contributed by atoms with E-state index in [0.29, 0.717) is 33.3 Å². The fourth-order valence-corrected chi connectivity index (χ4v) is 2.13. The molecule has 2 aromatic rings. The number of nitrogens with zero attached hydrogens (tertiary/aromatic N) is 2. The van der Waals surface area contributed by atoms with Crippen LogP contribution in [-0.4, -0.2) is 22.2 Å². The minimum atomic E-state index is 0.00532. The van der Waals surface area contributed by atoms with Crippen LogP contribution >= 0.6 is 39.1 Å². The first-order valence-corrected chi connectivity index (χ1v) is 6.77. The van der Waals surface area contributed by atoms with Crippen molar-refractivity contribution in [2.75, 3.05) is 7.11 Å². The second kappa shape index (κ2) is 6.05. The molecule has 0 unspecified atom stereocenters. The van der Waals surface area contributed by atoms with Crippen LogP contribution in [0, 0.1) is 0 Å². The molecule has 0 amide bonds. The summed E-state index contributed by atoms with van der Waals surface area (Å²) in [6, 6.07) is 4.72. The topological polar surface area (TPSA) is 55.2 Å². The zero-order valence-corrected chi connectivity index (χ0v) is 12.9. The van der Waals surface area contributed by atoms with Crippen molar-refractivity contribution in [1.29, 1.82) is 0 Å². The Labute approximate surface area is 128 Å². The van der Waals surface area contributed by atoms with Crippen molar-refractivity contribution in [3.8, 4) is 17.1 Å². The summed E-state index contributed by atoms with van der Waals surface area (Å²) in [5.41, 5.74) is 1.30. The van der Waals surface area contributed by atoms with Crippen molar-refractivity contribution in [3.63, 3.8) is 0 Å². The van der Waals surface area contributed by atoms with E-state index in [1.165, 1.54) is 6.07 Å². The van der Waals surface area contributed by atoms with Crippen molar-refractivity contribution in [2.24, 2.45) is 0 Å². The summed E-state index contributed by atoms with van der Waals surface area (Å²) in [6.45, 7) is 0.307. The van der Waals surface area contributed by atoms with E-state index in [1.54, 1.807) is 19.2 Å². The van der Waals surface area contributed by atoms with Crippen molar-refractivity contribution in [3.05, 3.63) is 38.5 Å². The summed E-state index contributed by atoms with van der Waals surface area (Å²) >= 11 is 15.2. The van der Waals surface area contributed by atoms with Crippen LogP contribution in [0.3, 0.4) is 0 Å².